The molecule has 0 spiro atoms. The first-order valence-corrected chi connectivity index (χ1v) is 10.9. The van der Waals surface area contributed by atoms with Crippen molar-refractivity contribution in [3.63, 3.8) is 0 Å². The quantitative estimate of drug-likeness (QED) is 0.525. The fourth-order valence-corrected chi connectivity index (χ4v) is 4.41. The topological polar surface area (TPSA) is 81.8 Å². The highest BCUT2D eigenvalue weighted by Gasteiger charge is 2.15. The van der Waals surface area contributed by atoms with E-state index in [1.165, 1.54) is 17.0 Å². The van der Waals surface area contributed by atoms with Crippen molar-refractivity contribution in [3.8, 4) is 22.5 Å². The number of anilines is 1. The lowest BCUT2D eigenvalue weighted by molar-refractivity contribution is -0.116. The van der Waals surface area contributed by atoms with Crippen LogP contribution in [-0.2, 0) is 17.9 Å². The summed E-state index contributed by atoms with van der Waals surface area (Å²) in [6.45, 7) is 0.857. The SMILES string of the molecule is O=C(Cn1cnc(-c2ccccc2)cc1=O)Nc1cccc(-c2cn3c(n2)SCC3)c1. The van der Waals surface area contributed by atoms with Crippen molar-refractivity contribution in [1.82, 2.24) is 19.1 Å². The molecule has 0 saturated carbocycles. The third kappa shape index (κ3) is 4.15. The zero-order chi connectivity index (χ0) is 21.2. The number of rotatable bonds is 5. The number of imidazole rings is 1. The summed E-state index contributed by atoms with van der Waals surface area (Å²) in [5.41, 5.74) is 3.64. The third-order valence-electron chi connectivity index (χ3n) is 5.01. The summed E-state index contributed by atoms with van der Waals surface area (Å²) in [6.07, 6.45) is 3.45. The molecular formula is C23H19N5O2S. The van der Waals surface area contributed by atoms with Gasteiger partial charge in [0.05, 0.1) is 17.7 Å². The van der Waals surface area contributed by atoms with Gasteiger partial charge in [-0.3, -0.25) is 14.2 Å². The molecule has 1 aliphatic heterocycles. The molecule has 1 aliphatic rings. The number of carbonyl (C=O) groups excluding carboxylic acids is 1. The van der Waals surface area contributed by atoms with E-state index in [9.17, 15) is 9.59 Å². The number of amides is 1. The van der Waals surface area contributed by atoms with Gasteiger partial charge in [-0.1, -0.05) is 54.2 Å². The van der Waals surface area contributed by atoms with E-state index in [2.05, 4.69) is 19.9 Å². The van der Waals surface area contributed by atoms with Crippen LogP contribution in [0.25, 0.3) is 22.5 Å². The minimum absolute atomic E-state index is 0.111. The van der Waals surface area contributed by atoms with Crippen LogP contribution in [0.4, 0.5) is 5.69 Å². The van der Waals surface area contributed by atoms with Crippen LogP contribution < -0.4 is 10.9 Å². The number of fused-ring (bicyclic) bond motifs is 1. The molecule has 4 aromatic rings. The highest BCUT2D eigenvalue weighted by molar-refractivity contribution is 7.99. The Morgan fingerprint density at radius 1 is 1.03 bits per heavy atom. The van der Waals surface area contributed by atoms with E-state index in [-0.39, 0.29) is 18.0 Å². The monoisotopic (exact) mass is 429 g/mol. The molecule has 8 heteroatoms. The standard InChI is InChI=1S/C23H19N5O2S/c29-21(14-28-15-24-19(12-22(28)30)16-5-2-1-3-6-16)25-18-8-4-7-17(11-18)20-13-27-9-10-31-23(27)26-20/h1-8,11-13,15H,9-10,14H2,(H,25,29). The second-order valence-electron chi connectivity index (χ2n) is 7.19. The van der Waals surface area contributed by atoms with Gasteiger partial charge in [0.1, 0.15) is 6.54 Å². The molecule has 0 atom stereocenters. The maximum Gasteiger partial charge on any atom is 0.254 e. The largest absolute Gasteiger partial charge is 0.325 e. The average molecular weight is 430 g/mol. The number of aromatic nitrogens is 4. The smallest absolute Gasteiger partial charge is 0.254 e. The zero-order valence-electron chi connectivity index (χ0n) is 16.6. The maximum absolute atomic E-state index is 12.5. The van der Waals surface area contributed by atoms with Crippen molar-refractivity contribution in [3.05, 3.63) is 83.5 Å². The van der Waals surface area contributed by atoms with E-state index in [0.717, 1.165) is 34.3 Å². The second kappa shape index (κ2) is 8.23. The van der Waals surface area contributed by atoms with Crippen molar-refractivity contribution >= 4 is 23.4 Å². The molecule has 0 radical (unpaired) electrons. The Labute approximate surface area is 182 Å². The summed E-state index contributed by atoms with van der Waals surface area (Å²) in [4.78, 5) is 33.9. The van der Waals surface area contributed by atoms with Gasteiger partial charge in [-0.25, -0.2) is 9.97 Å². The summed E-state index contributed by atoms with van der Waals surface area (Å²) in [7, 11) is 0. The highest BCUT2D eigenvalue weighted by Crippen LogP contribution is 2.29. The van der Waals surface area contributed by atoms with Gasteiger partial charge in [-0.2, -0.15) is 0 Å². The van der Waals surface area contributed by atoms with Gasteiger partial charge < -0.3 is 9.88 Å². The summed E-state index contributed by atoms with van der Waals surface area (Å²) in [5.74, 6) is 0.760. The molecule has 3 heterocycles. The van der Waals surface area contributed by atoms with Gasteiger partial charge in [0.15, 0.2) is 5.16 Å². The van der Waals surface area contributed by atoms with E-state index in [1.807, 2.05) is 60.8 Å². The number of thioether (sulfide) groups is 1. The van der Waals surface area contributed by atoms with Crippen LogP contribution in [0.3, 0.4) is 0 Å². The van der Waals surface area contributed by atoms with E-state index in [4.69, 9.17) is 0 Å². The summed E-state index contributed by atoms with van der Waals surface area (Å²) >= 11 is 1.74. The Bertz CT molecular complexity index is 1290. The Balaban J connectivity index is 1.29. The molecular weight excluding hydrogens is 410 g/mol. The molecule has 0 bridgehead atoms. The number of nitrogens with one attached hydrogen (secondary N) is 1. The number of benzene rings is 2. The lowest BCUT2D eigenvalue weighted by Crippen LogP contribution is -2.27. The van der Waals surface area contributed by atoms with Crippen molar-refractivity contribution < 1.29 is 4.79 Å². The summed E-state index contributed by atoms with van der Waals surface area (Å²) in [5, 5.41) is 3.88. The van der Waals surface area contributed by atoms with Crippen LogP contribution in [0, 0.1) is 0 Å². The first-order chi connectivity index (χ1) is 15.2. The summed E-state index contributed by atoms with van der Waals surface area (Å²) < 4.78 is 3.44. The van der Waals surface area contributed by atoms with Crippen molar-refractivity contribution in [2.24, 2.45) is 0 Å². The Morgan fingerprint density at radius 2 is 1.87 bits per heavy atom. The number of aryl methyl sites for hydroxylation is 1. The van der Waals surface area contributed by atoms with Gasteiger partial charge >= 0.3 is 0 Å². The number of hydrogen-bond donors (Lipinski definition) is 1. The molecule has 154 valence electrons. The third-order valence-corrected chi connectivity index (χ3v) is 5.98. The van der Waals surface area contributed by atoms with Gasteiger partial charge in [0.25, 0.3) is 5.56 Å². The normalized spacial score (nSPS) is 12.5. The fraction of sp³-hybridized carbons (Fsp3) is 0.130. The Hall–Kier alpha value is -3.65. The maximum atomic E-state index is 12.5. The van der Waals surface area contributed by atoms with Crippen LogP contribution in [0.2, 0.25) is 0 Å². The average Bonchev–Trinajstić information content (AvgIpc) is 3.38. The molecule has 1 N–H and O–H groups in total. The first kappa shape index (κ1) is 19.3. The van der Waals surface area contributed by atoms with Gasteiger partial charge in [-0.05, 0) is 12.1 Å². The molecule has 0 fully saturated rings. The predicted molar refractivity (Wildman–Crippen MR) is 121 cm³/mol. The van der Waals surface area contributed by atoms with Crippen LogP contribution in [0.15, 0.2) is 83.1 Å². The van der Waals surface area contributed by atoms with Crippen LogP contribution in [-0.4, -0.2) is 30.8 Å². The number of nitrogens with zero attached hydrogens (tertiary/aromatic N) is 4. The number of hydrogen-bond acceptors (Lipinski definition) is 5. The Kier molecular flexibility index (Phi) is 5.13. The number of carbonyl (C=O) groups is 1. The first-order valence-electron chi connectivity index (χ1n) is 9.88. The second-order valence-corrected chi connectivity index (χ2v) is 8.25. The van der Waals surface area contributed by atoms with Crippen molar-refractivity contribution in [2.75, 3.05) is 11.1 Å². The molecule has 2 aromatic heterocycles. The van der Waals surface area contributed by atoms with Crippen LogP contribution >= 0.6 is 11.8 Å². The lowest BCUT2D eigenvalue weighted by atomic mass is 10.1. The van der Waals surface area contributed by atoms with E-state index in [1.54, 1.807) is 11.8 Å². The van der Waals surface area contributed by atoms with Gasteiger partial charge in [0.2, 0.25) is 5.91 Å². The minimum Gasteiger partial charge on any atom is -0.325 e. The van der Waals surface area contributed by atoms with E-state index >= 15 is 0 Å². The summed E-state index contributed by atoms with van der Waals surface area (Å²) in [6, 6.07) is 18.5. The highest BCUT2D eigenvalue weighted by atomic mass is 32.2. The predicted octanol–water partition coefficient (Wildman–Crippen LogP) is 3.52. The minimum atomic E-state index is -0.295. The fourth-order valence-electron chi connectivity index (χ4n) is 3.47. The Morgan fingerprint density at radius 3 is 2.68 bits per heavy atom. The molecule has 7 nitrogen and oxygen atoms in total. The molecule has 31 heavy (non-hydrogen) atoms. The van der Waals surface area contributed by atoms with Crippen LogP contribution in [0.5, 0.6) is 0 Å². The molecule has 1 amide bonds. The van der Waals surface area contributed by atoms with Crippen molar-refractivity contribution in [2.45, 2.75) is 18.2 Å². The van der Waals surface area contributed by atoms with Gasteiger partial charge in [0, 0.05) is 41.4 Å². The van der Waals surface area contributed by atoms with E-state index in [0.29, 0.717) is 11.4 Å². The molecule has 0 saturated heterocycles. The molecule has 2 aromatic carbocycles. The van der Waals surface area contributed by atoms with Gasteiger partial charge in [-0.15, -0.1) is 0 Å². The zero-order valence-corrected chi connectivity index (χ0v) is 17.4. The molecule has 0 aliphatic carbocycles. The molecule has 0 unspecified atom stereocenters. The van der Waals surface area contributed by atoms with E-state index < -0.39 is 0 Å². The van der Waals surface area contributed by atoms with Crippen molar-refractivity contribution in [1.29, 1.82) is 0 Å². The lowest BCUT2D eigenvalue weighted by Gasteiger charge is -2.09. The molecule has 5 rings (SSSR count). The van der Waals surface area contributed by atoms with Crippen LogP contribution in [0.1, 0.15) is 0 Å².